The van der Waals surface area contributed by atoms with Crippen LogP contribution in [0.4, 0.5) is 0 Å². The standard InChI is InChI=1S/C19H16OS/c20-16-21(17-10-4-1-5-11-17,18-12-6-2-7-13-18)19-14-8-3-9-15-19/h1-16H. The first-order valence-corrected chi connectivity index (χ1v) is 8.51. The molecule has 0 radical (unpaired) electrons. The zero-order valence-electron chi connectivity index (χ0n) is 11.6. The third-order valence-electron chi connectivity index (χ3n) is 3.49. The Kier molecular flexibility index (Phi) is 3.89. The van der Waals surface area contributed by atoms with E-state index in [0.29, 0.717) is 0 Å². The first kappa shape index (κ1) is 13.7. The van der Waals surface area contributed by atoms with Crippen molar-refractivity contribution in [3.05, 3.63) is 91.0 Å². The highest BCUT2D eigenvalue weighted by Gasteiger charge is 2.30. The Labute approximate surface area is 126 Å². The van der Waals surface area contributed by atoms with Crippen molar-refractivity contribution >= 4 is 15.6 Å². The Balaban J connectivity index is 2.31. The molecule has 2 heteroatoms. The van der Waals surface area contributed by atoms with Gasteiger partial charge >= 0.3 is 0 Å². The van der Waals surface area contributed by atoms with E-state index in [1.807, 2.05) is 91.0 Å². The van der Waals surface area contributed by atoms with Crippen LogP contribution in [0.1, 0.15) is 0 Å². The van der Waals surface area contributed by atoms with Gasteiger partial charge in [0, 0.05) is 14.7 Å². The van der Waals surface area contributed by atoms with E-state index in [0.717, 1.165) is 20.3 Å². The second kappa shape index (κ2) is 5.98. The van der Waals surface area contributed by atoms with E-state index in [-0.39, 0.29) is 0 Å². The molecule has 1 nitrogen and oxygen atoms in total. The maximum Gasteiger partial charge on any atom is 0.171 e. The van der Waals surface area contributed by atoms with E-state index in [9.17, 15) is 4.79 Å². The fraction of sp³-hybridized carbons (Fsp3) is 0. The van der Waals surface area contributed by atoms with E-state index in [1.54, 1.807) is 0 Å². The molecular weight excluding hydrogens is 276 g/mol. The molecule has 0 fully saturated rings. The highest BCUT2D eigenvalue weighted by Crippen LogP contribution is 2.65. The molecule has 0 saturated carbocycles. The van der Waals surface area contributed by atoms with Gasteiger partial charge in [-0.1, -0.05) is 54.6 Å². The van der Waals surface area contributed by atoms with Gasteiger partial charge in [0.1, 0.15) is 0 Å². The predicted octanol–water partition coefficient (Wildman–Crippen LogP) is 5.16. The maximum absolute atomic E-state index is 12.3. The highest BCUT2D eigenvalue weighted by molar-refractivity contribution is 8.44. The third-order valence-corrected chi connectivity index (χ3v) is 6.83. The number of benzene rings is 3. The summed E-state index contributed by atoms with van der Waals surface area (Å²) in [4.78, 5) is 15.5. The van der Waals surface area contributed by atoms with Crippen LogP contribution in [-0.4, -0.2) is 5.62 Å². The summed E-state index contributed by atoms with van der Waals surface area (Å²) in [6, 6.07) is 30.2. The quantitative estimate of drug-likeness (QED) is 0.607. The zero-order chi connectivity index (χ0) is 14.5. The molecule has 21 heavy (non-hydrogen) atoms. The molecule has 0 aliphatic carbocycles. The summed E-state index contributed by atoms with van der Waals surface area (Å²) in [5.41, 5.74) is 1.13. The molecule has 104 valence electrons. The molecule has 0 aliphatic rings. The lowest BCUT2D eigenvalue weighted by atomic mass is 10.4. The monoisotopic (exact) mass is 292 g/mol. The topological polar surface area (TPSA) is 17.1 Å². The first-order chi connectivity index (χ1) is 10.4. The van der Waals surface area contributed by atoms with Gasteiger partial charge in [0.05, 0.1) is 0 Å². The average molecular weight is 292 g/mol. The van der Waals surface area contributed by atoms with Crippen LogP contribution in [0.25, 0.3) is 0 Å². The van der Waals surface area contributed by atoms with Crippen LogP contribution in [-0.2, 0) is 4.79 Å². The van der Waals surface area contributed by atoms with Crippen LogP contribution in [0.15, 0.2) is 106 Å². The van der Waals surface area contributed by atoms with Gasteiger partial charge in [0.2, 0.25) is 0 Å². The molecule has 0 heterocycles. The number of hydrogen-bond donors (Lipinski definition) is 0. The average Bonchev–Trinajstić information content (AvgIpc) is 2.59. The minimum absolute atomic E-state index is 1.07. The molecular formula is C19H16OS. The molecule has 0 amide bonds. The Hall–Kier alpha value is -2.32. The Morgan fingerprint density at radius 2 is 0.810 bits per heavy atom. The van der Waals surface area contributed by atoms with E-state index in [4.69, 9.17) is 0 Å². The van der Waals surface area contributed by atoms with E-state index in [2.05, 4.69) is 0 Å². The minimum Gasteiger partial charge on any atom is -0.292 e. The summed E-state index contributed by atoms with van der Waals surface area (Å²) in [5.74, 6) is 0. The normalized spacial score (nSPS) is 11.8. The van der Waals surface area contributed by atoms with Crippen molar-refractivity contribution in [1.29, 1.82) is 0 Å². The number of carbonyl (C=O) groups is 1. The largest absolute Gasteiger partial charge is 0.292 e. The summed E-state index contributed by atoms with van der Waals surface area (Å²) in [5, 5.41) is 0. The van der Waals surface area contributed by atoms with Gasteiger partial charge in [-0.05, 0) is 36.4 Å². The molecule has 0 spiro atoms. The Bertz CT molecular complexity index is 612. The van der Waals surface area contributed by atoms with Gasteiger partial charge in [0.25, 0.3) is 0 Å². The summed E-state index contributed by atoms with van der Waals surface area (Å²) in [7, 11) is -1.85. The van der Waals surface area contributed by atoms with E-state index in [1.165, 1.54) is 0 Å². The lowest BCUT2D eigenvalue weighted by Crippen LogP contribution is -2.04. The Morgan fingerprint density at radius 1 is 0.524 bits per heavy atom. The van der Waals surface area contributed by atoms with Crippen LogP contribution < -0.4 is 0 Å². The van der Waals surface area contributed by atoms with Crippen LogP contribution in [0.3, 0.4) is 0 Å². The second-order valence-corrected chi connectivity index (χ2v) is 7.62. The fourth-order valence-corrected chi connectivity index (χ4v) is 5.39. The molecule has 0 N–H and O–H groups in total. The van der Waals surface area contributed by atoms with Gasteiger partial charge in [-0.2, -0.15) is 0 Å². The maximum atomic E-state index is 12.3. The molecule has 0 atom stereocenters. The van der Waals surface area contributed by atoms with E-state index < -0.39 is 10.0 Å². The predicted molar refractivity (Wildman–Crippen MR) is 88.5 cm³/mol. The SMILES string of the molecule is O=CS(c1ccccc1)(c1ccccc1)c1ccccc1. The van der Waals surface area contributed by atoms with Crippen LogP contribution in [0.2, 0.25) is 0 Å². The number of hydrogen-bond acceptors (Lipinski definition) is 1. The fourth-order valence-electron chi connectivity index (χ4n) is 2.48. The second-order valence-electron chi connectivity index (χ2n) is 4.70. The molecule has 3 aromatic carbocycles. The summed E-state index contributed by atoms with van der Waals surface area (Å²) in [6.45, 7) is 0. The smallest absolute Gasteiger partial charge is 0.171 e. The first-order valence-electron chi connectivity index (χ1n) is 6.82. The van der Waals surface area contributed by atoms with Crippen LogP contribution >= 0.6 is 10.0 Å². The van der Waals surface area contributed by atoms with Crippen molar-refractivity contribution < 1.29 is 4.79 Å². The van der Waals surface area contributed by atoms with Gasteiger partial charge in [-0.15, -0.1) is 10.0 Å². The van der Waals surface area contributed by atoms with Gasteiger partial charge in [-0.3, -0.25) is 4.79 Å². The molecule has 0 saturated heterocycles. The van der Waals surface area contributed by atoms with E-state index >= 15 is 0 Å². The number of carbonyl (C=O) groups excluding carboxylic acids is 1. The molecule has 0 aromatic heterocycles. The summed E-state index contributed by atoms with van der Waals surface area (Å²) < 4.78 is 0. The molecule has 0 aliphatic heterocycles. The van der Waals surface area contributed by atoms with Gasteiger partial charge < -0.3 is 0 Å². The van der Waals surface area contributed by atoms with Gasteiger partial charge in [0.15, 0.2) is 5.62 Å². The lowest BCUT2D eigenvalue weighted by molar-refractivity contribution is 0.569. The Morgan fingerprint density at radius 3 is 1.05 bits per heavy atom. The van der Waals surface area contributed by atoms with Crippen molar-refractivity contribution in [1.82, 2.24) is 0 Å². The van der Waals surface area contributed by atoms with Crippen molar-refractivity contribution in [3.8, 4) is 0 Å². The highest BCUT2D eigenvalue weighted by atomic mass is 32.3. The van der Waals surface area contributed by atoms with Crippen molar-refractivity contribution in [2.45, 2.75) is 14.7 Å². The minimum atomic E-state index is -1.85. The summed E-state index contributed by atoms with van der Waals surface area (Å²) in [6.07, 6.45) is 0. The van der Waals surface area contributed by atoms with Gasteiger partial charge in [-0.25, -0.2) is 0 Å². The van der Waals surface area contributed by atoms with Crippen LogP contribution in [0.5, 0.6) is 0 Å². The molecule has 0 unspecified atom stereocenters. The third kappa shape index (κ3) is 2.39. The zero-order valence-corrected chi connectivity index (χ0v) is 12.4. The van der Waals surface area contributed by atoms with Crippen LogP contribution in [0, 0.1) is 0 Å². The lowest BCUT2D eigenvalue weighted by Gasteiger charge is -2.35. The van der Waals surface area contributed by atoms with Crippen molar-refractivity contribution in [2.24, 2.45) is 0 Å². The van der Waals surface area contributed by atoms with Crippen molar-refractivity contribution in [3.63, 3.8) is 0 Å². The summed E-state index contributed by atoms with van der Waals surface area (Å²) >= 11 is 0. The van der Waals surface area contributed by atoms with Crippen molar-refractivity contribution in [2.75, 3.05) is 0 Å². The molecule has 3 rings (SSSR count). The number of rotatable bonds is 4. The molecule has 0 bridgehead atoms. The molecule has 3 aromatic rings.